The minimum absolute atomic E-state index is 1.12. The average molecular weight is 292 g/mol. The highest BCUT2D eigenvalue weighted by molar-refractivity contribution is 7.15. The Morgan fingerprint density at radius 3 is 2.75 bits per heavy atom. The first kappa shape index (κ1) is 15.6. The van der Waals surface area contributed by atoms with Crippen LogP contribution < -0.4 is 5.32 Å². The van der Waals surface area contributed by atoms with Gasteiger partial charge in [-0.3, -0.25) is 0 Å². The zero-order valence-electron chi connectivity index (χ0n) is 12.6. The van der Waals surface area contributed by atoms with Crippen LogP contribution in [0.15, 0.2) is 12.7 Å². The fourth-order valence-corrected chi connectivity index (χ4v) is 3.78. The predicted molar refractivity (Wildman–Crippen MR) is 89.8 cm³/mol. The molecule has 1 N–H and O–H groups in total. The molecule has 0 spiro atoms. The van der Waals surface area contributed by atoms with Crippen LogP contribution in [0, 0.1) is 0 Å². The Morgan fingerprint density at radius 2 is 1.90 bits per heavy atom. The number of unbranched alkanes of at least 4 members (excludes halogenated alkanes) is 6. The molecule has 0 aliphatic carbocycles. The van der Waals surface area contributed by atoms with E-state index in [2.05, 4.69) is 11.9 Å². The summed E-state index contributed by atoms with van der Waals surface area (Å²) in [5, 5.41) is 6.22. The van der Waals surface area contributed by atoms with E-state index in [0.717, 1.165) is 6.54 Å². The van der Waals surface area contributed by atoms with E-state index < -0.39 is 0 Å². The van der Waals surface area contributed by atoms with E-state index in [1.54, 1.807) is 0 Å². The van der Waals surface area contributed by atoms with Gasteiger partial charge in [-0.1, -0.05) is 31.8 Å². The van der Waals surface area contributed by atoms with E-state index in [1.807, 2.05) is 17.4 Å². The van der Waals surface area contributed by atoms with Crippen molar-refractivity contribution >= 4 is 16.3 Å². The van der Waals surface area contributed by atoms with Gasteiger partial charge < -0.3 is 5.32 Å². The molecule has 20 heavy (non-hydrogen) atoms. The predicted octanol–water partition coefficient (Wildman–Crippen LogP) is 5.35. The van der Waals surface area contributed by atoms with Crippen molar-refractivity contribution in [3.05, 3.63) is 23.4 Å². The van der Waals surface area contributed by atoms with E-state index in [4.69, 9.17) is 4.98 Å². The Balaban J connectivity index is 1.59. The lowest BCUT2D eigenvalue weighted by molar-refractivity contribution is 0.596. The van der Waals surface area contributed by atoms with Crippen LogP contribution in [0.5, 0.6) is 0 Å². The number of aryl methyl sites for hydroxylation is 2. The number of nitrogens with zero attached hydrogens (tertiary/aromatic N) is 1. The number of allylic oxidation sites excluding steroid dienone is 1. The van der Waals surface area contributed by atoms with Crippen molar-refractivity contribution in [1.82, 2.24) is 4.98 Å². The third-order valence-electron chi connectivity index (χ3n) is 3.92. The zero-order chi connectivity index (χ0) is 14.0. The molecule has 0 fully saturated rings. The van der Waals surface area contributed by atoms with Crippen molar-refractivity contribution in [3.63, 3.8) is 0 Å². The molecule has 0 saturated carbocycles. The number of nitrogens with one attached hydrogen (secondary N) is 1. The fraction of sp³-hybridized carbons (Fsp3) is 0.706. The lowest BCUT2D eigenvalue weighted by atomic mass is 10.1. The highest BCUT2D eigenvalue weighted by Crippen LogP contribution is 2.29. The molecule has 1 aromatic heterocycles. The Hall–Kier alpha value is -0.830. The van der Waals surface area contributed by atoms with Crippen LogP contribution >= 0.6 is 11.3 Å². The molecule has 0 radical (unpaired) electrons. The second-order valence-electron chi connectivity index (χ2n) is 5.72. The molecular weight excluding hydrogens is 264 g/mol. The third kappa shape index (κ3) is 5.28. The minimum Gasteiger partial charge on any atom is -0.375 e. The molecule has 3 heteroatoms. The Kier molecular flexibility index (Phi) is 7.13. The van der Waals surface area contributed by atoms with Crippen LogP contribution in [0.1, 0.15) is 68.5 Å². The molecule has 0 amide bonds. The van der Waals surface area contributed by atoms with Crippen molar-refractivity contribution in [2.75, 3.05) is 11.9 Å². The molecule has 0 aromatic carbocycles. The summed E-state index contributed by atoms with van der Waals surface area (Å²) >= 11 is 1.89. The molecule has 0 saturated heterocycles. The topological polar surface area (TPSA) is 24.9 Å². The number of fused-ring (bicyclic) bond motifs is 1. The lowest BCUT2D eigenvalue weighted by Gasteiger charge is -2.00. The van der Waals surface area contributed by atoms with Gasteiger partial charge in [0.15, 0.2) is 0 Å². The zero-order valence-corrected chi connectivity index (χ0v) is 13.4. The molecule has 2 heterocycles. The highest BCUT2D eigenvalue weighted by atomic mass is 32.1. The van der Waals surface area contributed by atoms with Crippen LogP contribution in [0.4, 0.5) is 5.00 Å². The van der Waals surface area contributed by atoms with Crippen molar-refractivity contribution in [1.29, 1.82) is 0 Å². The Bertz CT molecular complexity index is 374. The summed E-state index contributed by atoms with van der Waals surface area (Å²) in [6, 6.07) is 0. The van der Waals surface area contributed by atoms with Crippen molar-refractivity contribution in [2.45, 2.75) is 70.6 Å². The van der Waals surface area contributed by atoms with Gasteiger partial charge in [0.1, 0.15) is 5.00 Å². The maximum absolute atomic E-state index is 4.81. The maximum atomic E-state index is 4.81. The van der Waals surface area contributed by atoms with E-state index in [-0.39, 0.29) is 0 Å². The molecule has 1 aliphatic heterocycles. The molecule has 0 unspecified atom stereocenters. The summed E-state index contributed by atoms with van der Waals surface area (Å²) in [5.41, 5.74) is 1.33. The van der Waals surface area contributed by atoms with E-state index >= 15 is 0 Å². The number of hydrogen-bond donors (Lipinski definition) is 1. The van der Waals surface area contributed by atoms with Crippen LogP contribution in [0.2, 0.25) is 0 Å². The van der Waals surface area contributed by atoms with Gasteiger partial charge in [-0.25, -0.2) is 4.98 Å². The molecule has 1 aliphatic rings. The SMILES string of the molecule is C=CCCCCCCCCc1nc2c(s1)NCCCC2. The van der Waals surface area contributed by atoms with Gasteiger partial charge in [-0.05, 0) is 44.9 Å². The number of anilines is 1. The molecular formula is C17H28N2S. The summed E-state index contributed by atoms with van der Waals surface area (Å²) < 4.78 is 0. The second kappa shape index (κ2) is 9.17. The maximum Gasteiger partial charge on any atom is 0.112 e. The normalized spacial score (nSPS) is 14.4. The summed E-state index contributed by atoms with van der Waals surface area (Å²) in [6.07, 6.45) is 16.2. The van der Waals surface area contributed by atoms with E-state index in [9.17, 15) is 0 Å². The lowest BCUT2D eigenvalue weighted by Crippen LogP contribution is -1.96. The summed E-state index contributed by atoms with van der Waals surface area (Å²) in [4.78, 5) is 4.81. The smallest absolute Gasteiger partial charge is 0.112 e. The number of thiazole rings is 1. The Morgan fingerprint density at radius 1 is 1.10 bits per heavy atom. The van der Waals surface area contributed by atoms with Crippen molar-refractivity contribution in [3.8, 4) is 0 Å². The van der Waals surface area contributed by atoms with Gasteiger partial charge in [-0.15, -0.1) is 17.9 Å². The van der Waals surface area contributed by atoms with Gasteiger partial charge in [0, 0.05) is 6.54 Å². The standard InChI is InChI=1S/C17H28N2S/c1-2-3-4-5-6-7-8-9-13-16-19-15-12-10-11-14-18-17(15)20-16/h2,18H,1,3-14H2. The van der Waals surface area contributed by atoms with Gasteiger partial charge in [0.05, 0.1) is 10.7 Å². The number of aromatic nitrogens is 1. The first-order valence-electron chi connectivity index (χ1n) is 8.23. The monoisotopic (exact) mass is 292 g/mol. The van der Waals surface area contributed by atoms with Gasteiger partial charge >= 0.3 is 0 Å². The largest absolute Gasteiger partial charge is 0.375 e. The molecule has 2 rings (SSSR count). The molecule has 0 atom stereocenters. The van der Waals surface area contributed by atoms with Crippen LogP contribution in [0.3, 0.4) is 0 Å². The summed E-state index contributed by atoms with van der Waals surface area (Å²) in [5.74, 6) is 0. The van der Waals surface area contributed by atoms with E-state index in [1.165, 1.54) is 86.3 Å². The van der Waals surface area contributed by atoms with Crippen LogP contribution in [-0.4, -0.2) is 11.5 Å². The number of hydrogen-bond acceptors (Lipinski definition) is 3. The van der Waals surface area contributed by atoms with Gasteiger partial charge in [0.2, 0.25) is 0 Å². The summed E-state index contributed by atoms with van der Waals surface area (Å²) in [6.45, 7) is 4.89. The van der Waals surface area contributed by atoms with Crippen molar-refractivity contribution in [2.24, 2.45) is 0 Å². The van der Waals surface area contributed by atoms with Gasteiger partial charge in [0.25, 0.3) is 0 Å². The summed E-state index contributed by atoms with van der Waals surface area (Å²) in [7, 11) is 0. The van der Waals surface area contributed by atoms with Crippen molar-refractivity contribution < 1.29 is 0 Å². The molecule has 0 bridgehead atoms. The molecule has 112 valence electrons. The van der Waals surface area contributed by atoms with Gasteiger partial charge in [-0.2, -0.15) is 0 Å². The molecule has 2 nitrogen and oxygen atoms in total. The number of rotatable bonds is 9. The molecule has 1 aromatic rings. The fourth-order valence-electron chi connectivity index (χ4n) is 2.71. The van der Waals surface area contributed by atoms with E-state index in [0.29, 0.717) is 0 Å². The highest BCUT2D eigenvalue weighted by Gasteiger charge is 2.13. The third-order valence-corrected chi connectivity index (χ3v) is 5.03. The van der Waals surface area contributed by atoms with Crippen LogP contribution in [0.25, 0.3) is 0 Å². The first-order chi connectivity index (χ1) is 9.90. The minimum atomic E-state index is 1.12. The van der Waals surface area contributed by atoms with Crippen LogP contribution in [-0.2, 0) is 12.8 Å². The quantitative estimate of drug-likeness (QED) is 0.490. The Labute approximate surface area is 127 Å². The second-order valence-corrected chi connectivity index (χ2v) is 6.80. The first-order valence-corrected chi connectivity index (χ1v) is 9.05. The average Bonchev–Trinajstić information content (AvgIpc) is 2.71.